The van der Waals surface area contributed by atoms with Crippen LogP contribution in [0.25, 0.3) is 11.4 Å². The first-order chi connectivity index (χ1) is 12.3. The molecule has 25 heavy (non-hydrogen) atoms. The Morgan fingerprint density at radius 2 is 2.04 bits per heavy atom. The van der Waals surface area contributed by atoms with E-state index in [1.807, 2.05) is 34.2 Å². The largest absolute Gasteiger partial charge is 0.278 e. The molecular weight excluding hydrogens is 348 g/mol. The van der Waals surface area contributed by atoms with Crippen LogP contribution in [-0.2, 0) is 13.1 Å². The molecule has 0 amide bonds. The highest BCUT2D eigenvalue weighted by Gasteiger charge is 2.40. The van der Waals surface area contributed by atoms with Crippen molar-refractivity contribution in [1.29, 1.82) is 0 Å². The Labute approximate surface area is 156 Å². The second-order valence-corrected chi connectivity index (χ2v) is 8.30. The van der Waals surface area contributed by atoms with Crippen molar-refractivity contribution in [2.75, 3.05) is 6.54 Å². The fourth-order valence-electron chi connectivity index (χ4n) is 3.88. The Bertz CT molecular complexity index is 936. The zero-order chi connectivity index (χ0) is 16.8. The van der Waals surface area contributed by atoms with E-state index in [9.17, 15) is 0 Å². The van der Waals surface area contributed by atoms with Crippen LogP contribution in [0.5, 0.6) is 0 Å². The molecule has 1 aliphatic carbocycles. The summed E-state index contributed by atoms with van der Waals surface area (Å²) in [5.41, 5.74) is 2.62. The van der Waals surface area contributed by atoms with E-state index in [1.165, 1.54) is 12.8 Å². The molecule has 6 heteroatoms. The van der Waals surface area contributed by atoms with Gasteiger partial charge in [-0.15, -0.1) is 11.3 Å². The molecule has 2 aliphatic rings. The quantitative estimate of drug-likeness (QED) is 0.682. The first-order valence-corrected chi connectivity index (χ1v) is 10.1. The molecule has 1 fully saturated rings. The molecule has 2 aromatic heterocycles. The highest BCUT2D eigenvalue weighted by atomic mass is 32.1. The third kappa shape index (κ3) is 2.88. The second kappa shape index (κ2) is 6.20. The SMILES string of the molecule is S=c1nc(-c2ccccc2)[nH]n1CN1CCc2sccc2[C@@H]1C1CC1. The summed E-state index contributed by atoms with van der Waals surface area (Å²) in [6.07, 6.45) is 3.84. The molecule has 128 valence electrons. The van der Waals surface area contributed by atoms with Gasteiger partial charge in [0, 0.05) is 23.0 Å². The Morgan fingerprint density at radius 1 is 1.20 bits per heavy atom. The molecule has 0 unspecified atom stereocenters. The number of aromatic nitrogens is 3. The van der Waals surface area contributed by atoms with Gasteiger partial charge in [-0.3, -0.25) is 10.00 Å². The first-order valence-electron chi connectivity index (χ1n) is 8.82. The van der Waals surface area contributed by atoms with E-state index in [2.05, 4.69) is 38.6 Å². The molecule has 1 aliphatic heterocycles. The number of nitrogens with one attached hydrogen (secondary N) is 1. The van der Waals surface area contributed by atoms with Gasteiger partial charge in [0.25, 0.3) is 0 Å². The van der Waals surface area contributed by atoms with Crippen LogP contribution in [0, 0.1) is 10.7 Å². The van der Waals surface area contributed by atoms with Gasteiger partial charge >= 0.3 is 0 Å². The van der Waals surface area contributed by atoms with Crippen molar-refractivity contribution < 1.29 is 0 Å². The molecule has 1 aromatic carbocycles. The van der Waals surface area contributed by atoms with Gasteiger partial charge in [-0.05, 0) is 54.4 Å². The molecule has 0 bridgehead atoms. The summed E-state index contributed by atoms with van der Waals surface area (Å²) in [5, 5.41) is 5.65. The zero-order valence-corrected chi connectivity index (χ0v) is 15.5. The number of hydrogen-bond acceptors (Lipinski definition) is 4. The molecule has 0 saturated heterocycles. The topological polar surface area (TPSA) is 36.9 Å². The van der Waals surface area contributed by atoms with Crippen molar-refractivity contribution in [2.45, 2.75) is 32.0 Å². The predicted octanol–water partition coefficient (Wildman–Crippen LogP) is 4.64. The van der Waals surface area contributed by atoms with Crippen LogP contribution < -0.4 is 0 Å². The van der Waals surface area contributed by atoms with Gasteiger partial charge in [-0.1, -0.05) is 30.3 Å². The average molecular weight is 369 g/mol. The highest BCUT2D eigenvalue weighted by molar-refractivity contribution is 7.71. The maximum Gasteiger partial charge on any atom is 0.217 e. The number of thiophene rings is 1. The molecule has 3 heterocycles. The summed E-state index contributed by atoms with van der Waals surface area (Å²) in [4.78, 5) is 8.72. The smallest absolute Gasteiger partial charge is 0.217 e. The Hall–Kier alpha value is -1.76. The van der Waals surface area contributed by atoms with E-state index >= 15 is 0 Å². The third-order valence-electron chi connectivity index (χ3n) is 5.24. The number of fused-ring (bicyclic) bond motifs is 1. The van der Waals surface area contributed by atoms with Gasteiger partial charge in [0.2, 0.25) is 4.77 Å². The lowest BCUT2D eigenvalue weighted by atomic mass is 9.96. The number of hydrogen-bond donors (Lipinski definition) is 1. The van der Waals surface area contributed by atoms with Gasteiger partial charge in [0.1, 0.15) is 0 Å². The lowest BCUT2D eigenvalue weighted by Gasteiger charge is -2.36. The molecule has 0 spiro atoms. The van der Waals surface area contributed by atoms with E-state index < -0.39 is 0 Å². The number of H-pyrrole nitrogens is 1. The minimum absolute atomic E-state index is 0.542. The summed E-state index contributed by atoms with van der Waals surface area (Å²) in [6.45, 7) is 1.88. The van der Waals surface area contributed by atoms with Crippen molar-refractivity contribution in [1.82, 2.24) is 19.7 Å². The van der Waals surface area contributed by atoms with E-state index in [0.717, 1.165) is 36.9 Å². The van der Waals surface area contributed by atoms with Gasteiger partial charge in [0.15, 0.2) is 5.82 Å². The van der Waals surface area contributed by atoms with Crippen molar-refractivity contribution in [3.63, 3.8) is 0 Å². The van der Waals surface area contributed by atoms with Crippen LogP contribution in [0.3, 0.4) is 0 Å². The minimum atomic E-state index is 0.542. The van der Waals surface area contributed by atoms with Crippen LogP contribution in [-0.4, -0.2) is 26.2 Å². The van der Waals surface area contributed by atoms with Gasteiger partial charge < -0.3 is 0 Å². The first kappa shape index (κ1) is 15.5. The molecule has 4 nitrogen and oxygen atoms in total. The lowest BCUT2D eigenvalue weighted by molar-refractivity contribution is 0.117. The number of benzene rings is 1. The van der Waals surface area contributed by atoms with Gasteiger partial charge in [-0.2, -0.15) is 4.98 Å². The van der Waals surface area contributed by atoms with Crippen LogP contribution in [0.4, 0.5) is 0 Å². The fraction of sp³-hybridized carbons (Fsp3) is 0.368. The van der Waals surface area contributed by atoms with Crippen molar-refractivity contribution in [3.8, 4) is 11.4 Å². The average Bonchev–Trinajstić information content (AvgIpc) is 3.24. The van der Waals surface area contributed by atoms with E-state index in [1.54, 1.807) is 10.4 Å². The van der Waals surface area contributed by atoms with Crippen LogP contribution in [0.2, 0.25) is 0 Å². The van der Waals surface area contributed by atoms with Gasteiger partial charge in [-0.25, -0.2) is 4.68 Å². The van der Waals surface area contributed by atoms with E-state index in [4.69, 9.17) is 12.2 Å². The van der Waals surface area contributed by atoms with Crippen molar-refractivity contribution in [3.05, 3.63) is 57.0 Å². The second-order valence-electron chi connectivity index (χ2n) is 6.93. The van der Waals surface area contributed by atoms with E-state index in [-0.39, 0.29) is 0 Å². The molecule has 1 atom stereocenters. The maximum atomic E-state index is 5.52. The summed E-state index contributed by atoms with van der Waals surface area (Å²) < 4.78 is 2.65. The standard InChI is InChI=1S/C19H20N4S2/c24-19-20-18(14-4-2-1-3-5-14)21-23(19)12-22-10-8-16-15(9-11-25-16)17(22)13-6-7-13/h1-5,9,11,13,17H,6-8,10,12H2,(H,20,21,24)/t17-/m0/s1. The molecule has 1 saturated carbocycles. The van der Waals surface area contributed by atoms with Crippen LogP contribution >= 0.6 is 23.6 Å². The molecule has 0 radical (unpaired) electrons. The Morgan fingerprint density at radius 3 is 2.84 bits per heavy atom. The van der Waals surface area contributed by atoms with Crippen molar-refractivity contribution >= 4 is 23.6 Å². The Kier molecular flexibility index (Phi) is 3.84. The number of nitrogens with zero attached hydrogens (tertiary/aromatic N) is 3. The summed E-state index contributed by atoms with van der Waals surface area (Å²) in [7, 11) is 0. The predicted molar refractivity (Wildman–Crippen MR) is 103 cm³/mol. The minimum Gasteiger partial charge on any atom is -0.278 e. The zero-order valence-electron chi connectivity index (χ0n) is 13.9. The normalized spacial score (nSPS) is 20.6. The maximum absolute atomic E-state index is 5.52. The lowest BCUT2D eigenvalue weighted by Crippen LogP contribution is -2.37. The Balaban J connectivity index is 1.44. The fourth-order valence-corrected chi connectivity index (χ4v) is 4.99. The molecule has 5 rings (SSSR count). The van der Waals surface area contributed by atoms with Crippen molar-refractivity contribution in [2.24, 2.45) is 5.92 Å². The van der Waals surface area contributed by atoms with E-state index in [0.29, 0.717) is 10.8 Å². The number of rotatable bonds is 4. The molecular formula is C19H20N4S2. The number of aromatic amines is 1. The van der Waals surface area contributed by atoms with Crippen LogP contribution in [0.15, 0.2) is 41.8 Å². The summed E-state index contributed by atoms with van der Waals surface area (Å²) >= 11 is 7.43. The van der Waals surface area contributed by atoms with Crippen LogP contribution in [0.1, 0.15) is 29.3 Å². The monoisotopic (exact) mass is 368 g/mol. The third-order valence-corrected chi connectivity index (χ3v) is 6.54. The van der Waals surface area contributed by atoms with Gasteiger partial charge in [0.05, 0.1) is 6.67 Å². The molecule has 1 N–H and O–H groups in total. The summed E-state index contributed by atoms with van der Waals surface area (Å²) in [6, 6.07) is 13.1. The summed E-state index contributed by atoms with van der Waals surface area (Å²) in [5.74, 6) is 1.65. The highest BCUT2D eigenvalue weighted by Crippen LogP contribution is 2.48. The molecule has 3 aromatic rings.